The minimum Gasteiger partial charge on any atom is -0.383 e. The molecular formula is C14H28N2O5. The molecule has 0 aromatic heterocycles. The summed E-state index contributed by atoms with van der Waals surface area (Å²) in [6, 6.07) is 0. The fraction of sp³-hybridized carbons (Fsp3) is 0.786. The van der Waals surface area contributed by atoms with Crippen LogP contribution in [0.25, 0.3) is 0 Å². The molecule has 1 rings (SSSR count). The van der Waals surface area contributed by atoms with Crippen molar-refractivity contribution in [3.05, 3.63) is 0 Å². The maximum Gasteiger partial charge on any atom is 0.232 e. The van der Waals surface area contributed by atoms with Crippen LogP contribution in [-0.2, 0) is 23.9 Å². The lowest BCUT2D eigenvalue weighted by Gasteiger charge is -2.12. The maximum atomic E-state index is 11.3. The Hall–Kier alpha value is -1.47. The first-order valence-corrected chi connectivity index (χ1v) is 7.06. The molecule has 1 unspecified atom stereocenters. The van der Waals surface area contributed by atoms with E-state index in [2.05, 4.69) is 5.32 Å². The first-order valence-electron chi connectivity index (χ1n) is 7.06. The number of methoxy groups -OCH3 is 2. The Morgan fingerprint density at radius 3 is 2.38 bits per heavy atom. The Kier molecular flexibility index (Phi) is 10.4. The average molecular weight is 304 g/mol. The number of hydrogen-bond donors (Lipinski definition) is 1. The number of amides is 3. The topological polar surface area (TPSA) is 84.9 Å². The lowest BCUT2D eigenvalue weighted by Crippen LogP contribution is -2.33. The predicted octanol–water partition coefficient (Wildman–Crippen LogP) is 0.433. The van der Waals surface area contributed by atoms with Crippen LogP contribution in [0.15, 0.2) is 0 Å². The van der Waals surface area contributed by atoms with Gasteiger partial charge < -0.3 is 14.8 Å². The van der Waals surface area contributed by atoms with Crippen LogP contribution in [0.3, 0.4) is 0 Å². The number of carbonyl (C=O) groups is 3. The van der Waals surface area contributed by atoms with Crippen molar-refractivity contribution >= 4 is 17.7 Å². The summed E-state index contributed by atoms with van der Waals surface area (Å²) in [5.74, 6) is -0.219. The van der Waals surface area contributed by atoms with Crippen molar-refractivity contribution in [1.29, 1.82) is 0 Å². The number of ether oxygens (including phenoxy) is 2. The van der Waals surface area contributed by atoms with Crippen LogP contribution < -0.4 is 5.32 Å². The van der Waals surface area contributed by atoms with Gasteiger partial charge in [-0.2, -0.15) is 0 Å². The lowest BCUT2D eigenvalue weighted by molar-refractivity contribution is -0.139. The number of nitrogens with one attached hydrogen (secondary N) is 1. The Morgan fingerprint density at radius 1 is 1.33 bits per heavy atom. The highest BCUT2D eigenvalue weighted by Crippen LogP contribution is 2.17. The molecular weight excluding hydrogens is 276 g/mol. The standard InChI is InChI=1S/C8H13NO3.C6H13NO2.H2/c1-6-5-7(10)9(8(6)11)3-4-12-2;1-3-6(8)7-4-5-9-2;/h6H,3-5H2,1-2H3;3-5H2,1-2H3,(H,7,8);1H. The van der Waals surface area contributed by atoms with E-state index in [1.54, 1.807) is 21.1 Å². The van der Waals surface area contributed by atoms with E-state index in [1.807, 2.05) is 6.92 Å². The molecule has 0 saturated carbocycles. The summed E-state index contributed by atoms with van der Waals surface area (Å²) in [6.45, 7) is 5.60. The minimum absolute atomic E-state index is 0. The Labute approximate surface area is 127 Å². The SMILES string of the molecule is CCC(=O)NCCOC.COCCN1C(=O)CC(C)C1=O.[HH]. The summed E-state index contributed by atoms with van der Waals surface area (Å²) >= 11 is 0. The molecule has 1 saturated heterocycles. The van der Waals surface area contributed by atoms with Crippen LogP contribution in [0.1, 0.15) is 28.1 Å². The van der Waals surface area contributed by atoms with Gasteiger partial charge in [-0.1, -0.05) is 13.8 Å². The molecule has 0 bridgehead atoms. The number of rotatable bonds is 7. The van der Waals surface area contributed by atoms with E-state index in [-0.39, 0.29) is 25.1 Å². The number of likely N-dealkylation sites (tertiary alicyclic amines) is 1. The van der Waals surface area contributed by atoms with Crippen molar-refractivity contribution in [1.82, 2.24) is 10.2 Å². The summed E-state index contributed by atoms with van der Waals surface area (Å²) in [4.78, 5) is 34.2. The van der Waals surface area contributed by atoms with E-state index in [0.717, 1.165) is 0 Å². The van der Waals surface area contributed by atoms with E-state index < -0.39 is 0 Å². The summed E-state index contributed by atoms with van der Waals surface area (Å²) < 4.78 is 9.51. The molecule has 0 radical (unpaired) electrons. The van der Waals surface area contributed by atoms with Gasteiger partial charge in [0.1, 0.15) is 0 Å². The zero-order valence-electron chi connectivity index (χ0n) is 13.3. The van der Waals surface area contributed by atoms with Gasteiger partial charge in [0.25, 0.3) is 0 Å². The third-order valence-electron chi connectivity index (χ3n) is 2.94. The van der Waals surface area contributed by atoms with Crippen LogP contribution >= 0.6 is 0 Å². The third kappa shape index (κ3) is 7.77. The van der Waals surface area contributed by atoms with Gasteiger partial charge >= 0.3 is 0 Å². The van der Waals surface area contributed by atoms with E-state index in [1.165, 1.54) is 4.90 Å². The minimum atomic E-state index is -0.144. The van der Waals surface area contributed by atoms with Gasteiger partial charge in [0.05, 0.1) is 19.8 Å². The molecule has 7 nitrogen and oxygen atoms in total. The molecule has 1 N–H and O–H groups in total. The molecule has 1 atom stereocenters. The lowest BCUT2D eigenvalue weighted by atomic mass is 10.1. The van der Waals surface area contributed by atoms with Gasteiger partial charge in [-0.25, -0.2) is 0 Å². The highest BCUT2D eigenvalue weighted by atomic mass is 16.5. The van der Waals surface area contributed by atoms with Gasteiger partial charge in [-0.3, -0.25) is 19.3 Å². The monoisotopic (exact) mass is 304 g/mol. The third-order valence-corrected chi connectivity index (χ3v) is 2.94. The molecule has 0 aromatic rings. The van der Waals surface area contributed by atoms with Gasteiger partial charge in [0.15, 0.2) is 0 Å². The second-order valence-electron chi connectivity index (χ2n) is 4.68. The first kappa shape index (κ1) is 19.5. The molecule has 0 aliphatic carbocycles. The van der Waals surface area contributed by atoms with E-state index in [9.17, 15) is 14.4 Å². The average Bonchev–Trinajstić information content (AvgIpc) is 2.71. The second kappa shape index (κ2) is 11.2. The predicted molar refractivity (Wildman–Crippen MR) is 79.7 cm³/mol. The Bertz CT molecular complexity index is 352. The van der Waals surface area contributed by atoms with Crippen molar-refractivity contribution in [2.75, 3.05) is 40.5 Å². The Balaban J connectivity index is 0. The van der Waals surface area contributed by atoms with Gasteiger partial charge in [0, 0.05) is 41.0 Å². The maximum absolute atomic E-state index is 11.3. The molecule has 1 fully saturated rings. The van der Waals surface area contributed by atoms with Gasteiger partial charge in [0.2, 0.25) is 17.7 Å². The number of carbonyl (C=O) groups excluding carboxylic acids is 3. The van der Waals surface area contributed by atoms with Gasteiger partial charge in [-0.05, 0) is 0 Å². The zero-order valence-corrected chi connectivity index (χ0v) is 13.3. The van der Waals surface area contributed by atoms with Crippen molar-refractivity contribution in [2.45, 2.75) is 26.7 Å². The highest BCUT2D eigenvalue weighted by Gasteiger charge is 2.34. The van der Waals surface area contributed by atoms with Crippen molar-refractivity contribution in [2.24, 2.45) is 5.92 Å². The van der Waals surface area contributed by atoms with Crippen molar-refractivity contribution in [3.8, 4) is 0 Å². The highest BCUT2D eigenvalue weighted by molar-refractivity contribution is 6.03. The molecule has 0 spiro atoms. The van der Waals surface area contributed by atoms with E-state index >= 15 is 0 Å². The smallest absolute Gasteiger partial charge is 0.232 e. The Morgan fingerprint density at radius 2 is 1.95 bits per heavy atom. The van der Waals surface area contributed by atoms with Crippen LogP contribution in [-0.4, -0.2) is 63.1 Å². The van der Waals surface area contributed by atoms with Crippen LogP contribution in [0.4, 0.5) is 0 Å². The second-order valence-corrected chi connectivity index (χ2v) is 4.68. The summed E-state index contributed by atoms with van der Waals surface area (Å²) in [7, 11) is 3.16. The van der Waals surface area contributed by atoms with Crippen molar-refractivity contribution in [3.63, 3.8) is 0 Å². The number of imide groups is 1. The summed E-state index contributed by atoms with van der Waals surface area (Å²) in [5, 5.41) is 2.67. The molecule has 1 heterocycles. The van der Waals surface area contributed by atoms with Gasteiger partial charge in [-0.15, -0.1) is 0 Å². The first-order chi connectivity index (χ1) is 9.97. The van der Waals surface area contributed by atoms with Crippen LogP contribution in [0, 0.1) is 5.92 Å². The zero-order chi connectivity index (χ0) is 16.3. The number of hydrogen-bond acceptors (Lipinski definition) is 5. The number of nitrogens with zero attached hydrogens (tertiary/aromatic N) is 1. The van der Waals surface area contributed by atoms with Crippen LogP contribution in [0.2, 0.25) is 0 Å². The molecule has 3 amide bonds. The molecule has 7 heteroatoms. The fourth-order valence-corrected chi connectivity index (χ4v) is 1.68. The quantitative estimate of drug-likeness (QED) is 0.545. The summed E-state index contributed by atoms with van der Waals surface area (Å²) in [5.41, 5.74) is 0. The summed E-state index contributed by atoms with van der Waals surface area (Å²) in [6.07, 6.45) is 0.895. The largest absolute Gasteiger partial charge is 0.383 e. The molecule has 1 aliphatic rings. The van der Waals surface area contributed by atoms with Crippen molar-refractivity contribution < 1.29 is 25.3 Å². The fourth-order valence-electron chi connectivity index (χ4n) is 1.68. The molecule has 1 aliphatic heterocycles. The van der Waals surface area contributed by atoms with Crippen LogP contribution in [0.5, 0.6) is 0 Å². The molecule has 124 valence electrons. The molecule has 0 aromatic carbocycles. The van der Waals surface area contributed by atoms with E-state index in [4.69, 9.17) is 9.47 Å². The van der Waals surface area contributed by atoms with E-state index in [0.29, 0.717) is 39.1 Å². The molecule has 21 heavy (non-hydrogen) atoms. The normalized spacial score (nSPS) is 17.5.